The molecule has 1 heterocycles. The summed E-state index contributed by atoms with van der Waals surface area (Å²) >= 11 is 8.34. The van der Waals surface area contributed by atoms with Crippen molar-refractivity contribution in [3.05, 3.63) is 28.8 Å². The highest BCUT2D eigenvalue weighted by Gasteiger charge is 2.27. The Kier molecular flexibility index (Phi) is 4.15. The summed E-state index contributed by atoms with van der Waals surface area (Å²) in [6, 6.07) is 6.22. The number of rotatable bonds is 2. The van der Waals surface area contributed by atoms with Crippen LogP contribution in [0.3, 0.4) is 0 Å². The molecule has 1 aromatic rings. The topological polar surface area (TPSA) is 29.3 Å². The Morgan fingerprint density at radius 1 is 1.44 bits per heavy atom. The molecule has 4 heteroatoms. The molecule has 0 bridgehead atoms. The Hall–Kier alpha value is -0.380. The van der Waals surface area contributed by atoms with Crippen molar-refractivity contribution in [1.82, 2.24) is 0 Å². The smallest absolute Gasteiger partial charge is 0.0474 e. The van der Waals surface area contributed by atoms with Gasteiger partial charge in [-0.2, -0.15) is 11.8 Å². The highest BCUT2D eigenvalue weighted by atomic mass is 35.5. The van der Waals surface area contributed by atoms with Crippen LogP contribution in [0.2, 0.25) is 5.02 Å². The number of halogens is 1. The monoisotopic (exact) mass is 284 g/mol. The van der Waals surface area contributed by atoms with Crippen LogP contribution in [-0.4, -0.2) is 23.6 Å². The van der Waals surface area contributed by atoms with E-state index in [0.29, 0.717) is 4.75 Å². The minimum atomic E-state index is -0.0140. The number of hydrogen-bond acceptors (Lipinski definition) is 3. The van der Waals surface area contributed by atoms with Gasteiger partial charge in [0.25, 0.3) is 0 Å². The molecule has 1 atom stereocenters. The molecule has 1 aliphatic rings. The maximum Gasteiger partial charge on any atom is 0.0474 e. The van der Waals surface area contributed by atoms with Crippen LogP contribution in [0.1, 0.15) is 32.4 Å². The fourth-order valence-electron chi connectivity index (χ4n) is 2.32. The number of nitrogens with two attached hydrogens (primary N) is 1. The minimum absolute atomic E-state index is 0.0140. The van der Waals surface area contributed by atoms with Crippen molar-refractivity contribution in [1.29, 1.82) is 0 Å². The van der Waals surface area contributed by atoms with Crippen molar-refractivity contribution in [2.45, 2.75) is 31.6 Å². The molecule has 0 aromatic heterocycles. The van der Waals surface area contributed by atoms with Crippen molar-refractivity contribution in [3.63, 3.8) is 0 Å². The second-order valence-electron chi connectivity index (χ2n) is 5.52. The molecule has 0 amide bonds. The molecule has 0 spiro atoms. The Bertz CT molecular complexity index is 432. The summed E-state index contributed by atoms with van der Waals surface area (Å²) in [5.74, 6) is 1.17. The van der Waals surface area contributed by atoms with Crippen molar-refractivity contribution in [3.8, 4) is 0 Å². The van der Waals surface area contributed by atoms with Crippen LogP contribution in [0, 0.1) is 0 Å². The maximum absolute atomic E-state index is 6.30. The molecular formula is C14H21ClN2S. The summed E-state index contributed by atoms with van der Waals surface area (Å²) in [4.78, 5) is 2.41. The Balaban J connectivity index is 2.21. The van der Waals surface area contributed by atoms with Crippen LogP contribution < -0.4 is 10.6 Å². The van der Waals surface area contributed by atoms with Crippen LogP contribution in [0.5, 0.6) is 0 Å². The second kappa shape index (κ2) is 5.32. The quantitative estimate of drug-likeness (QED) is 0.898. The molecule has 1 aliphatic heterocycles. The summed E-state index contributed by atoms with van der Waals surface area (Å²) in [6.45, 7) is 8.69. The van der Waals surface area contributed by atoms with Crippen LogP contribution in [0.4, 0.5) is 5.69 Å². The van der Waals surface area contributed by atoms with E-state index in [1.54, 1.807) is 0 Å². The van der Waals surface area contributed by atoms with Gasteiger partial charge < -0.3 is 10.6 Å². The van der Waals surface area contributed by atoms with Crippen molar-refractivity contribution < 1.29 is 0 Å². The van der Waals surface area contributed by atoms with Gasteiger partial charge in [0.2, 0.25) is 0 Å². The number of nitrogens with zero attached hydrogens (tertiary/aromatic N) is 1. The summed E-state index contributed by atoms with van der Waals surface area (Å²) in [5.41, 5.74) is 8.11. The zero-order valence-electron chi connectivity index (χ0n) is 11.2. The molecule has 2 N–H and O–H groups in total. The first-order valence-corrected chi connectivity index (χ1v) is 7.69. The van der Waals surface area contributed by atoms with Crippen molar-refractivity contribution >= 4 is 29.1 Å². The van der Waals surface area contributed by atoms with Gasteiger partial charge in [-0.25, -0.2) is 0 Å². The number of hydrogen-bond donors (Lipinski definition) is 1. The molecule has 1 fully saturated rings. The van der Waals surface area contributed by atoms with Gasteiger partial charge in [0.1, 0.15) is 0 Å². The maximum atomic E-state index is 6.30. The highest BCUT2D eigenvalue weighted by Crippen LogP contribution is 2.34. The zero-order valence-corrected chi connectivity index (χ0v) is 12.8. The van der Waals surface area contributed by atoms with Crippen LogP contribution in [0.15, 0.2) is 18.2 Å². The van der Waals surface area contributed by atoms with Gasteiger partial charge in [-0.05, 0) is 38.5 Å². The molecule has 0 aliphatic carbocycles. The molecule has 1 unspecified atom stereocenters. The zero-order chi connectivity index (χ0) is 13.3. The molecule has 0 saturated carbocycles. The molecular weight excluding hydrogens is 264 g/mol. The van der Waals surface area contributed by atoms with E-state index in [0.717, 1.165) is 23.7 Å². The van der Waals surface area contributed by atoms with Gasteiger partial charge in [0, 0.05) is 40.3 Å². The summed E-state index contributed by atoms with van der Waals surface area (Å²) in [5, 5.41) is 0.776. The van der Waals surface area contributed by atoms with E-state index in [1.807, 2.05) is 24.8 Å². The average Bonchev–Trinajstić information content (AvgIpc) is 2.27. The lowest BCUT2D eigenvalue weighted by Crippen LogP contribution is -2.43. The Morgan fingerprint density at radius 3 is 2.72 bits per heavy atom. The first kappa shape index (κ1) is 14.0. The van der Waals surface area contributed by atoms with Crippen LogP contribution in [0.25, 0.3) is 0 Å². The van der Waals surface area contributed by atoms with Crippen LogP contribution in [-0.2, 0) is 0 Å². The fourth-order valence-corrected chi connectivity index (χ4v) is 3.78. The van der Waals surface area contributed by atoms with Gasteiger partial charge in [0.05, 0.1) is 0 Å². The first-order chi connectivity index (χ1) is 8.39. The third kappa shape index (κ3) is 3.14. The number of benzene rings is 1. The Morgan fingerprint density at radius 2 is 2.17 bits per heavy atom. The summed E-state index contributed by atoms with van der Waals surface area (Å²) in [7, 11) is 0. The molecule has 1 aromatic carbocycles. The Labute approximate surface area is 119 Å². The van der Waals surface area contributed by atoms with E-state index >= 15 is 0 Å². The minimum Gasteiger partial charge on any atom is -0.369 e. The second-order valence-corrected chi connectivity index (χ2v) is 7.73. The molecule has 18 heavy (non-hydrogen) atoms. The first-order valence-electron chi connectivity index (χ1n) is 6.33. The van der Waals surface area contributed by atoms with Gasteiger partial charge >= 0.3 is 0 Å². The van der Waals surface area contributed by atoms with E-state index < -0.39 is 0 Å². The lowest BCUT2D eigenvalue weighted by molar-refractivity contribution is 0.647. The predicted octanol–water partition coefficient (Wildman–Crippen LogP) is 3.69. The van der Waals surface area contributed by atoms with Crippen molar-refractivity contribution in [2.75, 3.05) is 23.7 Å². The largest absolute Gasteiger partial charge is 0.369 e. The predicted molar refractivity (Wildman–Crippen MR) is 82.8 cm³/mol. The lowest BCUT2D eigenvalue weighted by Gasteiger charge is -2.39. The standard InChI is InChI=1S/C14H21ClN2S/c1-10(16)12-5-4-11(8-13(12)15)17-6-7-18-14(2,3)9-17/h4-5,8,10H,6-7,9,16H2,1-3H3. The third-order valence-electron chi connectivity index (χ3n) is 3.27. The molecule has 2 rings (SSSR count). The summed E-state index contributed by atoms with van der Waals surface area (Å²) in [6.07, 6.45) is 0. The van der Waals surface area contributed by atoms with Crippen molar-refractivity contribution in [2.24, 2.45) is 5.73 Å². The highest BCUT2D eigenvalue weighted by molar-refractivity contribution is 8.00. The summed E-state index contributed by atoms with van der Waals surface area (Å²) < 4.78 is 0.310. The molecule has 2 nitrogen and oxygen atoms in total. The van der Waals surface area contributed by atoms with E-state index in [9.17, 15) is 0 Å². The normalized spacial score (nSPS) is 20.8. The number of anilines is 1. The number of thioether (sulfide) groups is 1. The van der Waals surface area contributed by atoms with Gasteiger partial charge in [0.15, 0.2) is 0 Å². The average molecular weight is 285 g/mol. The fraction of sp³-hybridized carbons (Fsp3) is 0.571. The SMILES string of the molecule is CC(N)c1ccc(N2CCSC(C)(C)C2)cc1Cl. The van der Waals surface area contributed by atoms with E-state index in [-0.39, 0.29) is 6.04 Å². The van der Waals surface area contributed by atoms with E-state index in [1.165, 1.54) is 11.4 Å². The van der Waals surface area contributed by atoms with Gasteiger partial charge in [-0.15, -0.1) is 0 Å². The van der Waals surface area contributed by atoms with E-state index in [2.05, 4.69) is 30.9 Å². The van der Waals surface area contributed by atoms with Crippen LogP contribution >= 0.6 is 23.4 Å². The lowest BCUT2D eigenvalue weighted by atomic mass is 10.1. The molecule has 0 radical (unpaired) electrons. The molecule has 1 saturated heterocycles. The van der Waals surface area contributed by atoms with E-state index in [4.69, 9.17) is 17.3 Å². The van der Waals surface area contributed by atoms with Gasteiger partial charge in [-0.3, -0.25) is 0 Å². The van der Waals surface area contributed by atoms with Gasteiger partial charge in [-0.1, -0.05) is 17.7 Å². The third-order valence-corrected chi connectivity index (χ3v) is 4.89. The molecule has 100 valence electrons.